The number of rotatable bonds is 5. The maximum Gasteiger partial charge on any atom is 0.258 e. The van der Waals surface area contributed by atoms with E-state index in [1.165, 1.54) is 0 Å². The topological polar surface area (TPSA) is 63.3 Å². The Balaban J connectivity index is 1.71. The van der Waals surface area contributed by atoms with Gasteiger partial charge in [-0.25, -0.2) is 0 Å². The number of hydrogen-bond donors (Lipinski definition) is 1. The molecule has 0 saturated heterocycles. The second-order valence-corrected chi connectivity index (χ2v) is 6.65. The van der Waals surface area contributed by atoms with Crippen LogP contribution in [0.3, 0.4) is 0 Å². The Kier molecular flexibility index (Phi) is 5.07. The molecule has 1 heterocycles. The highest BCUT2D eigenvalue weighted by Gasteiger charge is 2.16. The van der Waals surface area contributed by atoms with Gasteiger partial charge < -0.3 is 4.52 Å². The van der Waals surface area contributed by atoms with Crippen LogP contribution in [0.1, 0.15) is 11.4 Å². The Morgan fingerprint density at radius 3 is 2.37 bits per heavy atom. The molecule has 0 aliphatic carbocycles. The van der Waals surface area contributed by atoms with Crippen molar-refractivity contribution in [2.24, 2.45) is 5.10 Å². The standard InChI is InChI=1S/C21H15BrN4O/c22-17-12-7-13-18(14-17)24-25-19(15-8-3-1-4-9-15)20-23-21(27-26-20)16-10-5-2-6-11-16/h1-14,24H/b25-19+. The van der Waals surface area contributed by atoms with E-state index in [2.05, 4.69) is 36.6 Å². The zero-order chi connectivity index (χ0) is 18.5. The predicted molar refractivity (Wildman–Crippen MR) is 110 cm³/mol. The van der Waals surface area contributed by atoms with Gasteiger partial charge in [-0.05, 0) is 30.3 Å². The minimum Gasteiger partial charge on any atom is -0.334 e. The maximum atomic E-state index is 5.45. The van der Waals surface area contributed by atoms with E-state index >= 15 is 0 Å². The van der Waals surface area contributed by atoms with Crippen LogP contribution in [0.2, 0.25) is 0 Å². The first-order valence-corrected chi connectivity index (χ1v) is 9.13. The summed E-state index contributed by atoms with van der Waals surface area (Å²) in [6.07, 6.45) is 0. The smallest absolute Gasteiger partial charge is 0.258 e. The summed E-state index contributed by atoms with van der Waals surface area (Å²) in [6, 6.07) is 27.2. The molecule has 0 atom stereocenters. The van der Waals surface area contributed by atoms with Crippen molar-refractivity contribution in [2.75, 3.05) is 5.43 Å². The molecule has 132 valence electrons. The van der Waals surface area contributed by atoms with Crippen LogP contribution in [-0.2, 0) is 0 Å². The molecule has 0 fully saturated rings. The number of nitrogens with one attached hydrogen (secondary N) is 1. The third-order valence-corrected chi connectivity index (χ3v) is 4.32. The lowest BCUT2D eigenvalue weighted by molar-refractivity contribution is 0.429. The van der Waals surface area contributed by atoms with Gasteiger partial charge in [0.15, 0.2) is 0 Å². The van der Waals surface area contributed by atoms with Gasteiger partial charge in [0, 0.05) is 15.6 Å². The molecule has 5 nitrogen and oxygen atoms in total. The third kappa shape index (κ3) is 4.12. The Morgan fingerprint density at radius 2 is 1.63 bits per heavy atom. The number of aromatic nitrogens is 2. The predicted octanol–water partition coefficient (Wildman–Crippen LogP) is 5.36. The van der Waals surface area contributed by atoms with Crippen molar-refractivity contribution in [3.05, 3.63) is 101 Å². The summed E-state index contributed by atoms with van der Waals surface area (Å²) in [5.74, 6) is 0.874. The van der Waals surface area contributed by atoms with Gasteiger partial charge in [0.05, 0.1) is 5.69 Å². The quantitative estimate of drug-likeness (QED) is 0.349. The van der Waals surface area contributed by atoms with Crippen LogP contribution in [-0.4, -0.2) is 15.9 Å². The molecule has 6 heteroatoms. The van der Waals surface area contributed by atoms with E-state index in [-0.39, 0.29) is 0 Å². The molecule has 0 aliphatic rings. The molecule has 0 unspecified atom stereocenters. The Morgan fingerprint density at radius 1 is 0.889 bits per heavy atom. The highest BCUT2D eigenvalue weighted by atomic mass is 79.9. The molecular weight excluding hydrogens is 404 g/mol. The van der Waals surface area contributed by atoms with E-state index in [1.807, 2.05) is 84.9 Å². The molecular formula is C21H15BrN4O. The zero-order valence-corrected chi connectivity index (χ0v) is 15.8. The summed E-state index contributed by atoms with van der Waals surface area (Å²) in [7, 11) is 0. The van der Waals surface area contributed by atoms with Crippen LogP contribution in [0.15, 0.2) is 99.0 Å². The first-order valence-electron chi connectivity index (χ1n) is 8.34. The highest BCUT2D eigenvalue weighted by molar-refractivity contribution is 9.10. The van der Waals surface area contributed by atoms with E-state index in [1.54, 1.807) is 0 Å². The van der Waals surface area contributed by atoms with Crippen LogP contribution in [0.25, 0.3) is 11.5 Å². The second-order valence-electron chi connectivity index (χ2n) is 5.74. The molecule has 3 aromatic carbocycles. The molecule has 1 aromatic heterocycles. The number of halogens is 1. The molecule has 0 bridgehead atoms. The number of benzene rings is 3. The molecule has 27 heavy (non-hydrogen) atoms. The van der Waals surface area contributed by atoms with E-state index < -0.39 is 0 Å². The van der Waals surface area contributed by atoms with Gasteiger partial charge >= 0.3 is 0 Å². The highest BCUT2D eigenvalue weighted by Crippen LogP contribution is 2.19. The van der Waals surface area contributed by atoms with Crippen molar-refractivity contribution >= 4 is 27.3 Å². The average molecular weight is 419 g/mol. The summed E-state index contributed by atoms with van der Waals surface area (Å²) < 4.78 is 6.41. The van der Waals surface area contributed by atoms with Crippen molar-refractivity contribution in [3.63, 3.8) is 0 Å². The van der Waals surface area contributed by atoms with Crippen molar-refractivity contribution in [2.45, 2.75) is 0 Å². The number of anilines is 1. The lowest BCUT2D eigenvalue weighted by Gasteiger charge is -2.05. The van der Waals surface area contributed by atoms with Crippen LogP contribution in [0.4, 0.5) is 5.69 Å². The molecule has 4 rings (SSSR count). The van der Waals surface area contributed by atoms with E-state index in [0.717, 1.165) is 21.3 Å². The summed E-state index contributed by atoms with van der Waals surface area (Å²) >= 11 is 3.46. The summed E-state index contributed by atoms with van der Waals surface area (Å²) in [6.45, 7) is 0. The molecule has 0 aliphatic heterocycles. The summed E-state index contributed by atoms with van der Waals surface area (Å²) in [4.78, 5) is 4.53. The normalized spacial score (nSPS) is 11.4. The van der Waals surface area contributed by atoms with Gasteiger partial charge in [-0.3, -0.25) is 5.43 Å². The fourth-order valence-electron chi connectivity index (χ4n) is 2.54. The van der Waals surface area contributed by atoms with Gasteiger partial charge in [0.1, 0.15) is 5.71 Å². The van der Waals surface area contributed by atoms with E-state index in [4.69, 9.17) is 4.52 Å². The zero-order valence-electron chi connectivity index (χ0n) is 14.2. The Labute approximate surface area is 164 Å². The third-order valence-electron chi connectivity index (χ3n) is 3.83. The fraction of sp³-hybridized carbons (Fsp3) is 0. The van der Waals surface area contributed by atoms with Crippen molar-refractivity contribution in [1.29, 1.82) is 0 Å². The summed E-state index contributed by atoms with van der Waals surface area (Å²) in [5.41, 5.74) is 6.27. The number of nitrogens with zero attached hydrogens (tertiary/aromatic N) is 3. The Bertz CT molecular complexity index is 1060. The van der Waals surface area contributed by atoms with Crippen LogP contribution >= 0.6 is 15.9 Å². The van der Waals surface area contributed by atoms with Gasteiger partial charge in [0.25, 0.3) is 5.89 Å². The molecule has 0 amide bonds. The van der Waals surface area contributed by atoms with Crippen LogP contribution in [0.5, 0.6) is 0 Å². The van der Waals surface area contributed by atoms with Gasteiger partial charge in [-0.1, -0.05) is 75.7 Å². The molecule has 0 saturated carbocycles. The second kappa shape index (κ2) is 7.97. The molecule has 1 N–H and O–H groups in total. The maximum absolute atomic E-state index is 5.45. The minimum absolute atomic E-state index is 0.419. The van der Waals surface area contributed by atoms with E-state index in [9.17, 15) is 0 Å². The Hall–Kier alpha value is -3.25. The largest absolute Gasteiger partial charge is 0.334 e. The van der Waals surface area contributed by atoms with Crippen LogP contribution < -0.4 is 5.43 Å². The minimum atomic E-state index is 0.419. The SMILES string of the molecule is Brc1cccc(N/N=C(\c2ccccc2)c2noc(-c3ccccc3)n2)c1. The first-order chi connectivity index (χ1) is 13.3. The fourth-order valence-corrected chi connectivity index (χ4v) is 2.94. The number of hydrogen-bond acceptors (Lipinski definition) is 5. The summed E-state index contributed by atoms with van der Waals surface area (Å²) in [5, 5.41) is 8.68. The van der Waals surface area contributed by atoms with Crippen molar-refractivity contribution in [3.8, 4) is 11.5 Å². The average Bonchev–Trinajstić information content (AvgIpc) is 3.20. The van der Waals surface area contributed by atoms with Gasteiger partial charge in [-0.15, -0.1) is 0 Å². The molecule has 0 spiro atoms. The van der Waals surface area contributed by atoms with Crippen molar-refractivity contribution in [1.82, 2.24) is 10.1 Å². The monoisotopic (exact) mass is 418 g/mol. The molecule has 0 radical (unpaired) electrons. The van der Waals surface area contributed by atoms with Gasteiger partial charge in [0.2, 0.25) is 5.82 Å². The van der Waals surface area contributed by atoms with Crippen molar-refractivity contribution < 1.29 is 4.52 Å². The lowest BCUT2D eigenvalue weighted by atomic mass is 10.1. The molecule has 4 aromatic rings. The number of hydrazone groups is 1. The van der Waals surface area contributed by atoms with Gasteiger partial charge in [-0.2, -0.15) is 10.1 Å². The lowest BCUT2D eigenvalue weighted by Crippen LogP contribution is -2.08. The van der Waals surface area contributed by atoms with E-state index in [0.29, 0.717) is 17.4 Å². The first kappa shape index (κ1) is 17.2. The van der Waals surface area contributed by atoms with Crippen LogP contribution in [0, 0.1) is 0 Å².